The Morgan fingerprint density at radius 2 is 1.76 bits per heavy atom. The van der Waals surface area contributed by atoms with Crippen molar-refractivity contribution in [3.8, 4) is 0 Å². The molecule has 114 valence electrons. The summed E-state index contributed by atoms with van der Waals surface area (Å²) >= 11 is 0. The maximum atomic E-state index is 12.0. The van der Waals surface area contributed by atoms with Crippen LogP contribution < -0.4 is 16.4 Å². The van der Waals surface area contributed by atoms with E-state index in [0.717, 1.165) is 12.8 Å². The monoisotopic (exact) mass is 289 g/mol. The molecule has 0 saturated heterocycles. The van der Waals surface area contributed by atoms with Crippen LogP contribution >= 0.6 is 0 Å². The lowest BCUT2D eigenvalue weighted by Crippen LogP contribution is -2.38. The van der Waals surface area contributed by atoms with Gasteiger partial charge in [0.15, 0.2) is 0 Å². The van der Waals surface area contributed by atoms with Gasteiger partial charge in [-0.25, -0.2) is 0 Å². The molecule has 0 aromatic heterocycles. The van der Waals surface area contributed by atoms with Crippen LogP contribution in [0.1, 0.15) is 48.9 Å². The summed E-state index contributed by atoms with van der Waals surface area (Å²) in [5.74, 6) is -0.538. The smallest absolute Gasteiger partial charge is 0.250 e. The first kappa shape index (κ1) is 15.4. The number of rotatable bonds is 5. The molecule has 0 spiro atoms. The second-order valence-electron chi connectivity index (χ2n) is 5.52. The topological polar surface area (TPSA) is 84.2 Å². The Morgan fingerprint density at radius 3 is 2.43 bits per heavy atom. The first-order chi connectivity index (χ1) is 10.2. The maximum Gasteiger partial charge on any atom is 0.250 e. The normalized spacial score (nSPS) is 16.0. The van der Waals surface area contributed by atoms with E-state index in [4.69, 9.17) is 5.73 Å². The number of hydrogen-bond acceptors (Lipinski definition) is 3. The van der Waals surface area contributed by atoms with Crippen LogP contribution in [0.3, 0.4) is 0 Å². The fourth-order valence-corrected chi connectivity index (χ4v) is 2.73. The molecule has 4 N–H and O–H groups in total. The lowest BCUT2D eigenvalue weighted by Gasteiger charge is -2.17. The fraction of sp³-hybridized carbons (Fsp3) is 0.500. The van der Waals surface area contributed by atoms with Crippen molar-refractivity contribution >= 4 is 17.5 Å². The first-order valence-corrected chi connectivity index (χ1v) is 7.59. The van der Waals surface area contributed by atoms with Crippen LogP contribution in [0.15, 0.2) is 24.3 Å². The summed E-state index contributed by atoms with van der Waals surface area (Å²) in [6.07, 6.45) is 7.01. The summed E-state index contributed by atoms with van der Waals surface area (Å²) < 4.78 is 0. The molecular formula is C16H23N3O2. The highest BCUT2D eigenvalue weighted by molar-refractivity contribution is 5.99. The van der Waals surface area contributed by atoms with Gasteiger partial charge in [0.25, 0.3) is 5.91 Å². The SMILES string of the molecule is NC(=O)c1ccccc1NCC(=O)NC1CCCCCC1. The van der Waals surface area contributed by atoms with E-state index in [1.807, 2.05) is 0 Å². The largest absolute Gasteiger partial charge is 0.376 e. The molecule has 5 nitrogen and oxygen atoms in total. The molecule has 5 heteroatoms. The van der Waals surface area contributed by atoms with Gasteiger partial charge in [0.05, 0.1) is 12.1 Å². The number of nitrogens with one attached hydrogen (secondary N) is 2. The Hall–Kier alpha value is -2.04. The second-order valence-corrected chi connectivity index (χ2v) is 5.52. The summed E-state index contributed by atoms with van der Waals surface area (Å²) in [6, 6.07) is 7.23. The third kappa shape index (κ3) is 4.77. The van der Waals surface area contributed by atoms with Crippen LogP contribution in [0.2, 0.25) is 0 Å². The summed E-state index contributed by atoms with van der Waals surface area (Å²) in [7, 11) is 0. The van der Waals surface area contributed by atoms with Gasteiger partial charge in [-0.05, 0) is 25.0 Å². The Balaban J connectivity index is 1.85. The van der Waals surface area contributed by atoms with Crippen LogP contribution in [0.25, 0.3) is 0 Å². The third-order valence-electron chi connectivity index (χ3n) is 3.85. The van der Waals surface area contributed by atoms with Gasteiger partial charge in [-0.3, -0.25) is 9.59 Å². The standard InChI is InChI=1S/C16H23N3O2/c17-16(21)13-9-5-6-10-14(13)18-11-15(20)19-12-7-3-1-2-4-8-12/h5-6,9-10,12,18H,1-4,7-8,11H2,(H2,17,21)(H,19,20). The van der Waals surface area contributed by atoms with Crippen molar-refractivity contribution in [1.82, 2.24) is 5.32 Å². The highest BCUT2D eigenvalue weighted by atomic mass is 16.2. The van der Waals surface area contributed by atoms with Crippen molar-refractivity contribution in [1.29, 1.82) is 0 Å². The quantitative estimate of drug-likeness (QED) is 0.725. The van der Waals surface area contributed by atoms with Crippen LogP contribution in [0.4, 0.5) is 5.69 Å². The van der Waals surface area contributed by atoms with Crippen molar-refractivity contribution in [3.05, 3.63) is 29.8 Å². The molecule has 1 aliphatic rings. The molecule has 0 heterocycles. The van der Waals surface area contributed by atoms with E-state index in [9.17, 15) is 9.59 Å². The summed E-state index contributed by atoms with van der Waals surface area (Å²) in [4.78, 5) is 23.3. The van der Waals surface area contributed by atoms with Gasteiger partial charge in [-0.2, -0.15) is 0 Å². The minimum atomic E-state index is -0.498. The summed E-state index contributed by atoms with van der Waals surface area (Å²) in [6.45, 7) is 0.154. The molecule has 1 aliphatic carbocycles. The van der Waals surface area contributed by atoms with E-state index >= 15 is 0 Å². The number of para-hydroxylation sites is 1. The highest BCUT2D eigenvalue weighted by Crippen LogP contribution is 2.17. The number of carbonyl (C=O) groups excluding carboxylic acids is 2. The molecule has 2 amide bonds. The average Bonchev–Trinajstić information content (AvgIpc) is 2.74. The lowest BCUT2D eigenvalue weighted by molar-refractivity contribution is -0.120. The minimum absolute atomic E-state index is 0.0406. The zero-order valence-electron chi connectivity index (χ0n) is 12.2. The summed E-state index contributed by atoms with van der Waals surface area (Å²) in [5.41, 5.74) is 6.31. The van der Waals surface area contributed by atoms with Gasteiger partial charge in [0.2, 0.25) is 5.91 Å². The molecule has 1 fully saturated rings. The van der Waals surface area contributed by atoms with E-state index < -0.39 is 5.91 Å². The molecule has 1 aromatic rings. The number of amides is 2. The number of nitrogens with two attached hydrogens (primary N) is 1. The number of primary amides is 1. The van der Waals surface area contributed by atoms with E-state index in [1.165, 1.54) is 25.7 Å². The van der Waals surface area contributed by atoms with Crippen LogP contribution in [0, 0.1) is 0 Å². The molecule has 1 saturated carbocycles. The van der Waals surface area contributed by atoms with Gasteiger partial charge in [-0.1, -0.05) is 37.8 Å². The van der Waals surface area contributed by atoms with E-state index in [-0.39, 0.29) is 18.5 Å². The minimum Gasteiger partial charge on any atom is -0.376 e. The molecule has 21 heavy (non-hydrogen) atoms. The summed E-state index contributed by atoms with van der Waals surface area (Å²) in [5, 5.41) is 6.05. The highest BCUT2D eigenvalue weighted by Gasteiger charge is 2.15. The molecule has 0 aliphatic heterocycles. The van der Waals surface area contributed by atoms with E-state index in [2.05, 4.69) is 10.6 Å². The molecule has 1 aromatic carbocycles. The molecular weight excluding hydrogens is 266 g/mol. The zero-order valence-corrected chi connectivity index (χ0v) is 12.2. The zero-order chi connectivity index (χ0) is 15.1. The van der Waals surface area contributed by atoms with Crippen molar-refractivity contribution < 1.29 is 9.59 Å². The maximum absolute atomic E-state index is 12.0. The number of benzene rings is 1. The Kier molecular flexibility index (Phi) is 5.60. The van der Waals surface area contributed by atoms with E-state index in [1.54, 1.807) is 24.3 Å². The number of hydrogen-bond donors (Lipinski definition) is 3. The van der Waals surface area contributed by atoms with Crippen molar-refractivity contribution in [2.45, 2.75) is 44.6 Å². The molecule has 0 atom stereocenters. The Labute approximate surface area is 125 Å². The Morgan fingerprint density at radius 1 is 1.10 bits per heavy atom. The van der Waals surface area contributed by atoms with Crippen LogP contribution in [-0.2, 0) is 4.79 Å². The molecule has 0 unspecified atom stereocenters. The van der Waals surface area contributed by atoms with Crippen LogP contribution in [-0.4, -0.2) is 24.4 Å². The van der Waals surface area contributed by atoms with Crippen molar-refractivity contribution in [3.63, 3.8) is 0 Å². The number of carbonyl (C=O) groups is 2. The molecule has 0 radical (unpaired) electrons. The average molecular weight is 289 g/mol. The molecule has 2 rings (SSSR count). The van der Waals surface area contributed by atoms with Gasteiger partial charge < -0.3 is 16.4 Å². The first-order valence-electron chi connectivity index (χ1n) is 7.59. The van der Waals surface area contributed by atoms with Gasteiger partial charge in [0, 0.05) is 11.7 Å². The van der Waals surface area contributed by atoms with Gasteiger partial charge >= 0.3 is 0 Å². The third-order valence-corrected chi connectivity index (χ3v) is 3.85. The second kappa shape index (κ2) is 7.67. The lowest BCUT2D eigenvalue weighted by atomic mass is 10.1. The predicted octanol–water partition coefficient (Wildman–Crippen LogP) is 2.04. The molecule has 0 bridgehead atoms. The van der Waals surface area contributed by atoms with Gasteiger partial charge in [0.1, 0.15) is 0 Å². The van der Waals surface area contributed by atoms with Crippen LogP contribution in [0.5, 0.6) is 0 Å². The van der Waals surface area contributed by atoms with E-state index in [0.29, 0.717) is 11.3 Å². The Bertz CT molecular complexity index is 494. The fourth-order valence-electron chi connectivity index (χ4n) is 2.73. The van der Waals surface area contributed by atoms with Crippen molar-refractivity contribution in [2.24, 2.45) is 5.73 Å². The predicted molar refractivity (Wildman–Crippen MR) is 83.1 cm³/mol. The van der Waals surface area contributed by atoms with Crippen molar-refractivity contribution in [2.75, 3.05) is 11.9 Å². The number of anilines is 1. The van der Waals surface area contributed by atoms with Gasteiger partial charge in [-0.15, -0.1) is 0 Å².